The molecule has 0 aromatic heterocycles. The maximum absolute atomic E-state index is 12.6. The minimum Gasteiger partial charge on any atom is -0.390 e. The summed E-state index contributed by atoms with van der Waals surface area (Å²) in [5.41, 5.74) is 0.0886. The number of halogens is 3. The molecule has 2 aromatic carbocycles. The van der Waals surface area contributed by atoms with Crippen LogP contribution < -0.4 is 0 Å². The molecule has 0 saturated carbocycles. The van der Waals surface area contributed by atoms with Gasteiger partial charge in [-0.15, -0.1) is 0 Å². The molecule has 2 N–H and O–H groups in total. The Morgan fingerprint density at radius 2 is 1.57 bits per heavy atom. The van der Waals surface area contributed by atoms with E-state index in [1.165, 1.54) is 12.1 Å². The van der Waals surface area contributed by atoms with Gasteiger partial charge < -0.3 is 10.2 Å². The lowest BCUT2D eigenvalue weighted by molar-refractivity contribution is -0.137. The van der Waals surface area contributed by atoms with E-state index in [0.29, 0.717) is 11.1 Å². The van der Waals surface area contributed by atoms with Crippen molar-refractivity contribution in [2.75, 3.05) is 0 Å². The Kier molecular flexibility index (Phi) is 4.65. The first-order valence-electron chi connectivity index (χ1n) is 6.45. The summed E-state index contributed by atoms with van der Waals surface area (Å²) in [6.45, 7) is 0. The lowest BCUT2D eigenvalue weighted by Crippen LogP contribution is -2.21. The van der Waals surface area contributed by atoms with Crippen LogP contribution in [0.3, 0.4) is 0 Å². The molecule has 0 heterocycles. The second-order valence-corrected chi connectivity index (χ2v) is 4.83. The van der Waals surface area contributed by atoms with Crippen LogP contribution in [0.1, 0.15) is 22.8 Å². The van der Waals surface area contributed by atoms with Gasteiger partial charge in [-0.05, 0) is 17.2 Å². The molecule has 0 aliphatic carbocycles. The number of rotatable bonds is 4. The van der Waals surface area contributed by atoms with Gasteiger partial charge in [-0.25, -0.2) is 0 Å². The van der Waals surface area contributed by atoms with Gasteiger partial charge in [0.25, 0.3) is 0 Å². The number of aliphatic hydroxyl groups excluding tert-OH is 2. The second-order valence-electron chi connectivity index (χ2n) is 4.83. The van der Waals surface area contributed by atoms with Crippen molar-refractivity contribution >= 4 is 0 Å². The number of benzene rings is 2. The van der Waals surface area contributed by atoms with Crippen molar-refractivity contribution in [1.82, 2.24) is 0 Å². The van der Waals surface area contributed by atoms with Gasteiger partial charge in [0.2, 0.25) is 0 Å². The fraction of sp³-hybridized carbons (Fsp3) is 0.250. The van der Waals surface area contributed by atoms with Gasteiger partial charge >= 0.3 is 6.18 Å². The molecule has 0 radical (unpaired) electrons. The van der Waals surface area contributed by atoms with Crippen molar-refractivity contribution in [2.45, 2.75) is 24.8 Å². The monoisotopic (exact) mass is 296 g/mol. The summed E-state index contributed by atoms with van der Waals surface area (Å²) < 4.78 is 37.9. The van der Waals surface area contributed by atoms with E-state index in [9.17, 15) is 23.4 Å². The van der Waals surface area contributed by atoms with E-state index in [2.05, 4.69) is 0 Å². The van der Waals surface area contributed by atoms with E-state index in [-0.39, 0.29) is 6.42 Å². The number of hydrogen-bond donors (Lipinski definition) is 2. The third-order valence-electron chi connectivity index (χ3n) is 3.20. The lowest BCUT2D eigenvalue weighted by Gasteiger charge is -2.18. The van der Waals surface area contributed by atoms with Crippen LogP contribution in [0.25, 0.3) is 0 Å². The molecule has 2 rings (SSSR count). The highest BCUT2D eigenvalue weighted by molar-refractivity contribution is 5.27. The van der Waals surface area contributed by atoms with Gasteiger partial charge in [0, 0.05) is 6.42 Å². The normalized spacial score (nSPS) is 14.7. The van der Waals surface area contributed by atoms with Crippen molar-refractivity contribution in [3.63, 3.8) is 0 Å². The summed E-state index contributed by atoms with van der Waals surface area (Å²) >= 11 is 0. The first-order valence-corrected chi connectivity index (χ1v) is 6.45. The predicted molar refractivity (Wildman–Crippen MR) is 72.6 cm³/mol. The molecular weight excluding hydrogens is 281 g/mol. The van der Waals surface area contributed by atoms with Gasteiger partial charge in [-0.3, -0.25) is 0 Å². The van der Waals surface area contributed by atoms with Crippen LogP contribution in [-0.2, 0) is 12.6 Å². The zero-order valence-electron chi connectivity index (χ0n) is 11.1. The summed E-state index contributed by atoms with van der Waals surface area (Å²) in [6.07, 6.45) is -6.78. The Balaban J connectivity index is 2.11. The van der Waals surface area contributed by atoms with Crippen LogP contribution >= 0.6 is 0 Å². The highest BCUT2D eigenvalue weighted by Gasteiger charge is 2.30. The van der Waals surface area contributed by atoms with Gasteiger partial charge in [-0.1, -0.05) is 48.5 Å². The third-order valence-corrected chi connectivity index (χ3v) is 3.20. The molecule has 5 heteroatoms. The van der Waals surface area contributed by atoms with Gasteiger partial charge in [-0.2, -0.15) is 13.2 Å². The van der Waals surface area contributed by atoms with Crippen molar-refractivity contribution in [3.05, 3.63) is 71.3 Å². The maximum atomic E-state index is 12.6. The number of alkyl halides is 3. The Bertz CT molecular complexity index is 582. The first kappa shape index (κ1) is 15.5. The fourth-order valence-electron chi connectivity index (χ4n) is 2.10. The van der Waals surface area contributed by atoms with E-state index < -0.39 is 23.9 Å². The number of aliphatic hydroxyl groups is 2. The van der Waals surface area contributed by atoms with Gasteiger partial charge in [0.05, 0.1) is 11.7 Å². The largest absolute Gasteiger partial charge is 0.416 e. The van der Waals surface area contributed by atoms with Crippen LogP contribution in [0, 0.1) is 0 Å². The van der Waals surface area contributed by atoms with Crippen LogP contribution in [0.15, 0.2) is 54.6 Å². The Hall–Kier alpha value is -1.85. The Morgan fingerprint density at radius 1 is 0.905 bits per heavy atom. The van der Waals surface area contributed by atoms with E-state index >= 15 is 0 Å². The van der Waals surface area contributed by atoms with Gasteiger partial charge in [0.1, 0.15) is 6.10 Å². The first-order chi connectivity index (χ1) is 9.88. The minimum absolute atomic E-state index is 0.0556. The molecule has 0 saturated heterocycles. The molecule has 2 nitrogen and oxygen atoms in total. The molecule has 2 aromatic rings. The van der Waals surface area contributed by atoms with Crippen molar-refractivity contribution in [3.8, 4) is 0 Å². The average Bonchev–Trinajstić information content (AvgIpc) is 2.47. The SMILES string of the molecule is OC(Cc1cccc(C(F)(F)F)c1)C(O)c1ccccc1. The van der Waals surface area contributed by atoms with Crippen molar-refractivity contribution in [1.29, 1.82) is 0 Å². The second kappa shape index (κ2) is 6.28. The zero-order chi connectivity index (χ0) is 15.5. The summed E-state index contributed by atoms with van der Waals surface area (Å²) in [5.74, 6) is 0. The zero-order valence-corrected chi connectivity index (χ0v) is 11.1. The molecule has 0 amide bonds. The molecule has 0 aliphatic heterocycles. The smallest absolute Gasteiger partial charge is 0.390 e. The van der Waals surface area contributed by atoms with Crippen LogP contribution in [-0.4, -0.2) is 16.3 Å². The van der Waals surface area contributed by atoms with Gasteiger partial charge in [0.15, 0.2) is 0 Å². The predicted octanol–water partition coefficient (Wildman–Crippen LogP) is 3.34. The van der Waals surface area contributed by atoms with Crippen molar-refractivity contribution in [2.24, 2.45) is 0 Å². The Morgan fingerprint density at radius 3 is 2.19 bits per heavy atom. The molecule has 0 aliphatic rings. The molecule has 2 unspecified atom stereocenters. The molecule has 112 valence electrons. The maximum Gasteiger partial charge on any atom is 0.416 e. The van der Waals surface area contributed by atoms with Crippen molar-refractivity contribution < 1.29 is 23.4 Å². The highest BCUT2D eigenvalue weighted by Crippen LogP contribution is 2.30. The lowest BCUT2D eigenvalue weighted by atomic mass is 9.97. The average molecular weight is 296 g/mol. The molecule has 2 atom stereocenters. The van der Waals surface area contributed by atoms with E-state index in [0.717, 1.165) is 12.1 Å². The summed E-state index contributed by atoms with van der Waals surface area (Å²) in [6, 6.07) is 13.3. The minimum atomic E-state index is -4.42. The number of hydrogen-bond acceptors (Lipinski definition) is 2. The van der Waals surface area contributed by atoms with E-state index in [1.54, 1.807) is 30.3 Å². The molecule has 0 bridgehead atoms. The van der Waals surface area contributed by atoms with E-state index in [1.807, 2.05) is 0 Å². The molecule has 0 spiro atoms. The van der Waals surface area contributed by atoms with Crippen LogP contribution in [0.4, 0.5) is 13.2 Å². The molecular formula is C16H15F3O2. The third kappa shape index (κ3) is 4.06. The molecule has 0 fully saturated rings. The summed E-state index contributed by atoms with van der Waals surface area (Å²) in [5, 5.41) is 20.0. The quantitative estimate of drug-likeness (QED) is 0.908. The van der Waals surface area contributed by atoms with E-state index in [4.69, 9.17) is 0 Å². The topological polar surface area (TPSA) is 40.5 Å². The molecule has 21 heavy (non-hydrogen) atoms. The standard InChI is InChI=1S/C16H15F3O2/c17-16(18,19)13-8-4-5-11(9-13)10-14(20)15(21)12-6-2-1-3-7-12/h1-9,14-15,20-21H,10H2. The summed E-state index contributed by atoms with van der Waals surface area (Å²) in [4.78, 5) is 0. The highest BCUT2D eigenvalue weighted by atomic mass is 19.4. The summed E-state index contributed by atoms with van der Waals surface area (Å²) in [7, 11) is 0. The van der Waals surface area contributed by atoms with Crippen LogP contribution in [0.5, 0.6) is 0 Å². The van der Waals surface area contributed by atoms with Crippen LogP contribution in [0.2, 0.25) is 0 Å². The fourth-order valence-corrected chi connectivity index (χ4v) is 2.10. The Labute approximate surface area is 120 Å².